The molecule has 2 aromatic rings. The maximum Gasteiger partial charge on any atom is 0.418 e. The van der Waals surface area contributed by atoms with Gasteiger partial charge in [0.15, 0.2) is 5.69 Å². The van der Waals surface area contributed by atoms with Crippen LogP contribution in [0.25, 0.3) is 5.69 Å². The predicted octanol–water partition coefficient (Wildman–Crippen LogP) is 2.46. The van der Waals surface area contributed by atoms with Gasteiger partial charge in [-0.2, -0.15) is 23.5 Å². The number of benzene rings is 1. The molecule has 0 fully saturated rings. The van der Waals surface area contributed by atoms with Crippen LogP contribution in [0.1, 0.15) is 21.6 Å². The van der Waals surface area contributed by atoms with Crippen molar-refractivity contribution in [3.63, 3.8) is 0 Å². The van der Waals surface area contributed by atoms with E-state index in [9.17, 15) is 18.0 Å². The van der Waals surface area contributed by atoms with Crippen molar-refractivity contribution in [3.8, 4) is 11.8 Å². The van der Waals surface area contributed by atoms with Crippen molar-refractivity contribution in [2.75, 3.05) is 0 Å². The van der Waals surface area contributed by atoms with E-state index < -0.39 is 34.7 Å². The van der Waals surface area contributed by atoms with Gasteiger partial charge in [0.25, 0.3) is 0 Å². The molecule has 0 bridgehead atoms. The number of rotatable bonds is 2. The zero-order valence-electron chi connectivity index (χ0n) is 9.72. The summed E-state index contributed by atoms with van der Waals surface area (Å²) < 4.78 is 39.4. The summed E-state index contributed by atoms with van der Waals surface area (Å²) in [6.07, 6.45) is -3.80. The van der Waals surface area contributed by atoms with Crippen molar-refractivity contribution in [1.82, 2.24) is 9.78 Å². The summed E-state index contributed by atoms with van der Waals surface area (Å²) in [5.41, 5.74) is -2.32. The zero-order valence-corrected chi connectivity index (χ0v) is 9.72. The minimum Gasteiger partial charge on any atom is -0.478 e. The van der Waals surface area contributed by atoms with Crippen molar-refractivity contribution in [1.29, 1.82) is 5.26 Å². The Balaban J connectivity index is 2.71. The lowest BCUT2D eigenvalue weighted by molar-refractivity contribution is -0.137. The minimum atomic E-state index is -4.64. The van der Waals surface area contributed by atoms with E-state index in [4.69, 9.17) is 10.4 Å². The zero-order chi connectivity index (χ0) is 14.9. The molecule has 0 radical (unpaired) electrons. The highest BCUT2D eigenvalue weighted by Crippen LogP contribution is 2.34. The van der Waals surface area contributed by atoms with Crippen LogP contribution in [0.15, 0.2) is 30.5 Å². The number of aromatic nitrogens is 2. The number of halogens is 3. The molecule has 2 rings (SSSR count). The van der Waals surface area contributed by atoms with E-state index in [-0.39, 0.29) is 0 Å². The highest BCUT2D eigenvalue weighted by Gasteiger charge is 2.34. The number of carboxylic acids is 1. The van der Waals surface area contributed by atoms with Gasteiger partial charge in [-0.1, -0.05) is 12.1 Å². The topological polar surface area (TPSA) is 78.9 Å². The average Bonchev–Trinajstić information content (AvgIpc) is 2.81. The van der Waals surface area contributed by atoms with Crippen molar-refractivity contribution in [2.45, 2.75) is 6.18 Å². The van der Waals surface area contributed by atoms with E-state index in [0.29, 0.717) is 4.68 Å². The summed E-state index contributed by atoms with van der Waals surface area (Å²) in [6.45, 7) is 0. The molecule has 1 N–H and O–H groups in total. The number of hydrogen-bond acceptors (Lipinski definition) is 3. The third-order valence-corrected chi connectivity index (χ3v) is 2.54. The van der Waals surface area contributed by atoms with Crippen LogP contribution in [0.5, 0.6) is 0 Å². The molecular formula is C12H6F3N3O2. The fraction of sp³-hybridized carbons (Fsp3) is 0.0833. The molecule has 8 heteroatoms. The number of hydrogen-bond donors (Lipinski definition) is 1. The van der Waals surface area contributed by atoms with Gasteiger partial charge in [0, 0.05) is 0 Å². The van der Waals surface area contributed by atoms with Crippen LogP contribution >= 0.6 is 0 Å². The molecule has 0 saturated carbocycles. The maximum atomic E-state index is 12.9. The van der Waals surface area contributed by atoms with Gasteiger partial charge in [0.1, 0.15) is 11.6 Å². The lowest BCUT2D eigenvalue weighted by Crippen LogP contribution is -2.12. The van der Waals surface area contributed by atoms with Gasteiger partial charge in [-0.05, 0) is 12.1 Å². The fourth-order valence-electron chi connectivity index (χ4n) is 1.69. The highest BCUT2D eigenvalue weighted by molar-refractivity contribution is 5.90. The third-order valence-electron chi connectivity index (χ3n) is 2.54. The Kier molecular flexibility index (Phi) is 3.19. The molecule has 0 aliphatic carbocycles. The van der Waals surface area contributed by atoms with Crippen LogP contribution in [0.3, 0.4) is 0 Å². The van der Waals surface area contributed by atoms with Crippen molar-refractivity contribution in [3.05, 3.63) is 47.3 Å². The van der Waals surface area contributed by atoms with E-state index >= 15 is 0 Å². The lowest BCUT2D eigenvalue weighted by Gasteiger charge is -2.12. The van der Waals surface area contributed by atoms with Crippen LogP contribution in [0.2, 0.25) is 0 Å². The first-order chi connectivity index (χ1) is 9.36. The second-order valence-corrected chi connectivity index (χ2v) is 3.75. The fourth-order valence-corrected chi connectivity index (χ4v) is 1.69. The Bertz CT molecular complexity index is 713. The molecule has 5 nitrogen and oxygen atoms in total. The molecule has 102 valence electrons. The Hall–Kier alpha value is -2.82. The number of nitrogens with zero attached hydrogens (tertiary/aromatic N) is 3. The number of carbonyl (C=O) groups is 1. The summed E-state index contributed by atoms with van der Waals surface area (Å²) in [4.78, 5) is 10.9. The standard InChI is InChI=1S/C12H6F3N3O2/c13-12(14,15)8-3-1-2-4-9(8)18-10(5-16)7(6-17-18)11(19)20/h1-4,6H,(H,19,20). The van der Waals surface area contributed by atoms with Crippen LogP contribution in [-0.4, -0.2) is 20.9 Å². The predicted molar refractivity (Wildman–Crippen MR) is 60.2 cm³/mol. The molecule has 1 aromatic carbocycles. The van der Waals surface area contributed by atoms with Crippen molar-refractivity contribution in [2.24, 2.45) is 0 Å². The molecule has 0 atom stereocenters. The minimum absolute atomic E-state index is 0.399. The molecule has 0 saturated heterocycles. The van der Waals surface area contributed by atoms with Crippen LogP contribution in [0, 0.1) is 11.3 Å². The van der Waals surface area contributed by atoms with E-state index in [1.807, 2.05) is 0 Å². The van der Waals surface area contributed by atoms with Crippen LogP contribution in [0.4, 0.5) is 13.2 Å². The van der Waals surface area contributed by atoms with E-state index in [1.54, 1.807) is 6.07 Å². The SMILES string of the molecule is N#Cc1c(C(=O)O)cnn1-c1ccccc1C(F)(F)F. The monoisotopic (exact) mass is 281 g/mol. The molecule has 1 aromatic heterocycles. The quantitative estimate of drug-likeness (QED) is 0.917. The summed E-state index contributed by atoms with van der Waals surface area (Å²) in [5.74, 6) is -1.43. The van der Waals surface area contributed by atoms with Gasteiger partial charge in [-0.15, -0.1) is 0 Å². The lowest BCUT2D eigenvalue weighted by atomic mass is 10.1. The molecule has 0 aliphatic heterocycles. The molecular weight excluding hydrogens is 275 g/mol. The van der Waals surface area contributed by atoms with Gasteiger partial charge in [0.2, 0.25) is 0 Å². The maximum absolute atomic E-state index is 12.9. The highest BCUT2D eigenvalue weighted by atomic mass is 19.4. The number of para-hydroxylation sites is 1. The average molecular weight is 281 g/mol. The van der Waals surface area contributed by atoms with Crippen LogP contribution in [-0.2, 0) is 6.18 Å². The summed E-state index contributed by atoms with van der Waals surface area (Å²) >= 11 is 0. The Morgan fingerprint density at radius 3 is 2.55 bits per heavy atom. The Morgan fingerprint density at radius 2 is 2.00 bits per heavy atom. The molecule has 0 amide bonds. The first-order valence-corrected chi connectivity index (χ1v) is 5.24. The second-order valence-electron chi connectivity index (χ2n) is 3.75. The Labute approximate surface area is 110 Å². The normalized spacial score (nSPS) is 11.1. The number of carboxylic acid groups (broad SMARTS) is 1. The van der Waals surface area contributed by atoms with Gasteiger partial charge in [-0.3, -0.25) is 0 Å². The summed E-state index contributed by atoms with van der Waals surface area (Å²) in [7, 11) is 0. The van der Waals surface area contributed by atoms with Gasteiger partial charge >= 0.3 is 12.1 Å². The number of nitriles is 1. The van der Waals surface area contributed by atoms with E-state index in [1.165, 1.54) is 12.1 Å². The number of alkyl halides is 3. The van der Waals surface area contributed by atoms with E-state index in [0.717, 1.165) is 18.3 Å². The van der Waals surface area contributed by atoms with Crippen LogP contribution < -0.4 is 0 Å². The summed E-state index contributed by atoms with van der Waals surface area (Å²) in [5, 5.41) is 21.4. The number of aromatic carboxylic acids is 1. The molecule has 20 heavy (non-hydrogen) atoms. The molecule has 0 unspecified atom stereocenters. The van der Waals surface area contributed by atoms with E-state index in [2.05, 4.69) is 5.10 Å². The largest absolute Gasteiger partial charge is 0.478 e. The van der Waals surface area contributed by atoms with Gasteiger partial charge < -0.3 is 5.11 Å². The smallest absolute Gasteiger partial charge is 0.418 e. The van der Waals surface area contributed by atoms with Gasteiger partial charge in [0.05, 0.1) is 17.4 Å². The Morgan fingerprint density at radius 1 is 1.35 bits per heavy atom. The van der Waals surface area contributed by atoms with Gasteiger partial charge in [-0.25, -0.2) is 9.48 Å². The van der Waals surface area contributed by atoms with Crippen molar-refractivity contribution < 1.29 is 23.1 Å². The van der Waals surface area contributed by atoms with Crippen molar-refractivity contribution >= 4 is 5.97 Å². The molecule has 0 spiro atoms. The molecule has 1 heterocycles. The third kappa shape index (κ3) is 2.21. The molecule has 0 aliphatic rings. The first-order valence-electron chi connectivity index (χ1n) is 5.24. The first kappa shape index (κ1) is 13.6. The summed E-state index contributed by atoms with van der Waals surface area (Å²) in [6, 6.07) is 6.04. The second kappa shape index (κ2) is 4.70.